The Kier molecular flexibility index (Phi) is 4.77. The highest BCUT2D eigenvalue weighted by molar-refractivity contribution is 6.30. The van der Waals surface area contributed by atoms with Crippen molar-refractivity contribution < 1.29 is 18.7 Å². The van der Waals surface area contributed by atoms with Crippen LogP contribution in [0.3, 0.4) is 0 Å². The molecule has 2 aromatic carbocycles. The molecular weight excluding hydrogens is 345 g/mol. The van der Waals surface area contributed by atoms with E-state index in [0.717, 1.165) is 11.1 Å². The number of aryl methyl sites for hydroxylation is 1. The first-order valence-electron chi connectivity index (χ1n) is 7.90. The summed E-state index contributed by atoms with van der Waals surface area (Å²) in [6.45, 7) is 1.30. The van der Waals surface area contributed by atoms with E-state index in [1.54, 1.807) is 37.3 Å². The minimum atomic E-state index is -0.694. The van der Waals surface area contributed by atoms with Crippen molar-refractivity contribution in [3.8, 4) is 0 Å². The predicted octanol–water partition coefficient (Wildman–Crippen LogP) is 4.00. The Labute approximate surface area is 149 Å². The number of nitrogens with one attached hydrogen (secondary N) is 1. The maximum atomic E-state index is 13.7. The molecule has 1 saturated carbocycles. The highest BCUT2D eigenvalue weighted by atomic mass is 35.5. The number of anilines is 1. The second-order valence-electron chi connectivity index (χ2n) is 6.20. The maximum Gasteiger partial charge on any atom is 0.317 e. The lowest BCUT2D eigenvalue weighted by molar-refractivity contribution is -0.150. The fourth-order valence-electron chi connectivity index (χ4n) is 2.68. The molecule has 0 radical (unpaired) electrons. The van der Waals surface area contributed by atoms with E-state index in [4.69, 9.17) is 16.3 Å². The van der Waals surface area contributed by atoms with Gasteiger partial charge in [0.05, 0.1) is 11.1 Å². The molecule has 0 aromatic heterocycles. The number of amides is 1. The zero-order valence-corrected chi connectivity index (χ0v) is 14.4. The van der Waals surface area contributed by atoms with Gasteiger partial charge in [-0.25, -0.2) is 4.39 Å². The molecule has 0 aliphatic heterocycles. The Morgan fingerprint density at radius 1 is 1.20 bits per heavy atom. The van der Waals surface area contributed by atoms with Crippen LogP contribution in [0.25, 0.3) is 0 Å². The standard InChI is InChI=1S/C19H17ClFNO3/c1-12-2-7-16(15(21)10-12)22-17(23)11-25-18(24)19(8-9-19)13-3-5-14(20)6-4-13/h2-7,10H,8-9,11H2,1H3,(H,22,23). The zero-order valence-electron chi connectivity index (χ0n) is 13.6. The Balaban J connectivity index is 1.58. The third-order valence-electron chi connectivity index (χ3n) is 4.27. The minimum Gasteiger partial charge on any atom is -0.455 e. The van der Waals surface area contributed by atoms with Crippen molar-refractivity contribution in [1.82, 2.24) is 0 Å². The molecule has 0 saturated heterocycles. The molecule has 0 bridgehead atoms. The molecule has 6 heteroatoms. The second-order valence-corrected chi connectivity index (χ2v) is 6.63. The smallest absolute Gasteiger partial charge is 0.317 e. The van der Waals surface area contributed by atoms with Gasteiger partial charge in [-0.1, -0.05) is 29.8 Å². The molecule has 2 aromatic rings. The third kappa shape index (κ3) is 3.82. The summed E-state index contributed by atoms with van der Waals surface area (Å²) in [5.74, 6) is -1.56. The first-order valence-corrected chi connectivity index (χ1v) is 8.28. The van der Waals surface area contributed by atoms with E-state index >= 15 is 0 Å². The minimum absolute atomic E-state index is 0.0606. The third-order valence-corrected chi connectivity index (χ3v) is 4.52. The van der Waals surface area contributed by atoms with Gasteiger partial charge in [0.1, 0.15) is 5.82 Å². The van der Waals surface area contributed by atoms with Gasteiger partial charge in [0, 0.05) is 5.02 Å². The number of hydrogen-bond donors (Lipinski definition) is 1. The summed E-state index contributed by atoms with van der Waals surface area (Å²) in [5, 5.41) is 2.99. The lowest BCUT2D eigenvalue weighted by atomic mass is 9.96. The summed E-state index contributed by atoms with van der Waals surface area (Å²) in [6, 6.07) is 11.5. The molecule has 130 valence electrons. The molecule has 0 spiro atoms. The van der Waals surface area contributed by atoms with Gasteiger partial charge in [0.2, 0.25) is 0 Å². The van der Waals surface area contributed by atoms with Crippen molar-refractivity contribution in [3.63, 3.8) is 0 Å². The fraction of sp³-hybridized carbons (Fsp3) is 0.263. The lowest BCUT2D eigenvalue weighted by Crippen LogP contribution is -2.28. The Bertz CT molecular complexity index is 816. The highest BCUT2D eigenvalue weighted by Gasteiger charge is 2.52. The van der Waals surface area contributed by atoms with E-state index in [2.05, 4.69) is 5.32 Å². The molecule has 0 unspecified atom stereocenters. The molecule has 1 N–H and O–H groups in total. The molecule has 3 rings (SSSR count). The number of carbonyl (C=O) groups is 2. The Morgan fingerprint density at radius 3 is 2.48 bits per heavy atom. The van der Waals surface area contributed by atoms with Crippen LogP contribution in [0.4, 0.5) is 10.1 Å². The largest absolute Gasteiger partial charge is 0.455 e. The molecule has 1 fully saturated rings. The average Bonchev–Trinajstić information content (AvgIpc) is 3.38. The second kappa shape index (κ2) is 6.84. The van der Waals surface area contributed by atoms with Crippen LogP contribution in [0, 0.1) is 12.7 Å². The van der Waals surface area contributed by atoms with E-state index in [9.17, 15) is 14.0 Å². The Hall–Kier alpha value is -2.40. The summed E-state index contributed by atoms with van der Waals surface area (Å²) < 4.78 is 18.9. The van der Waals surface area contributed by atoms with Crippen LogP contribution < -0.4 is 5.32 Å². The predicted molar refractivity (Wildman–Crippen MR) is 93.1 cm³/mol. The molecule has 1 aliphatic carbocycles. The fourth-order valence-corrected chi connectivity index (χ4v) is 2.81. The first kappa shape index (κ1) is 17.4. The van der Waals surface area contributed by atoms with E-state index in [0.29, 0.717) is 17.9 Å². The number of benzene rings is 2. The van der Waals surface area contributed by atoms with E-state index in [1.165, 1.54) is 12.1 Å². The maximum absolute atomic E-state index is 13.7. The van der Waals surface area contributed by atoms with Gasteiger partial charge < -0.3 is 10.1 Å². The number of carbonyl (C=O) groups excluding carboxylic acids is 2. The van der Waals surface area contributed by atoms with Crippen molar-refractivity contribution in [2.24, 2.45) is 0 Å². The topological polar surface area (TPSA) is 55.4 Å². The van der Waals surface area contributed by atoms with Crippen molar-refractivity contribution >= 4 is 29.2 Å². The van der Waals surface area contributed by atoms with E-state index < -0.39 is 29.7 Å². The van der Waals surface area contributed by atoms with Crippen molar-refractivity contribution in [2.45, 2.75) is 25.2 Å². The van der Waals surface area contributed by atoms with Crippen LogP contribution in [0.5, 0.6) is 0 Å². The molecule has 0 heterocycles. The summed E-state index contributed by atoms with van der Waals surface area (Å²) in [4.78, 5) is 24.3. The van der Waals surface area contributed by atoms with Crippen LogP contribution in [0.15, 0.2) is 42.5 Å². The number of halogens is 2. The lowest BCUT2D eigenvalue weighted by Gasteiger charge is -2.15. The molecule has 1 aliphatic rings. The normalized spacial score (nSPS) is 14.7. The quantitative estimate of drug-likeness (QED) is 0.819. The molecule has 25 heavy (non-hydrogen) atoms. The van der Waals surface area contributed by atoms with Gasteiger partial charge >= 0.3 is 5.97 Å². The number of esters is 1. The van der Waals surface area contributed by atoms with Gasteiger partial charge in [-0.3, -0.25) is 9.59 Å². The SMILES string of the molecule is Cc1ccc(NC(=O)COC(=O)C2(c3ccc(Cl)cc3)CC2)c(F)c1. The summed E-state index contributed by atoms with van der Waals surface area (Å²) >= 11 is 5.86. The van der Waals surface area contributed by atoms with Gasteiger partial charge in [0.25, 0.3) is 5.91 Å². The summed E-state index contributed by atoms with van der Waals surface area (Å²) in [6.07, 6.45) is 1.34. The molecule has 1 amide bonds. The molecular formula is C19H17ClFNO3. The van der Waals surface area contributed by atoms with Gasteiger partial charge in [-0.2, -0.15) is 0 Å². The van der Waals surface area contributed by atoms with Gasteiger partial charge in [-0.15, -0.1) is 0 Å². The van der Waals surface area contributed by atoms with Crippen LogP contribution in [-0.4, -0.2) is 18.5 Å². The van der Waals surface area contributed by atoms with Crippen molar-refractivity contribution in [1.29, 1.82) is 0 Å². The first-order chi connectivity index (χ1) is 11.9. The number of hydrogen-bond acceptors (Lipinski definition) is 3. The van der Waals surface area contributed by atoms with Crippen molar-refractivity contribution in [3.05, 3.63) is 64.4 Å². The molecule has 4 nitrogen and oxygen atoms in total. The monoisotopic (exact) mass is 361 g/mol. The van der Waals surface area contributed by atoms with Crippen LogP contribution >= 0.6 is 11.6 Å². The van der Waals surface area contributed by atoms with Gasteiger partial charge in [0.15, 0.2) is 6.61 Å². The number of ether oxygens (including phenoxy) is 1. The van der Waals surface area contributed by atoms with Crippen LogP contribution in [0.2, 0.25) is 5.02 Å². The summed E-state index contributed by atoms with van der Waals surface area (Å²) in [5.41, 5.74) is 0.943. The zero-order chi connectivity index (χ0) is 18.0. The van der Waals surface area contributed by atoms with Crippen LogP contribution in [-0.2, 0) is 19.7 Å². The average molecular weight is 362 g/mol. The van der Waals surface area contributed by atoms with Crippen LogP contribution in [0.1, 0.15) is 24.0 Å². The number of rotatable bonds is 5. The molecule has 0 atom stereocenters. The van der Waals surface area contributed by atoms with E-state index in [-0.39, 0.29) is 5.69 Å². The Morgan fingerprint density at radius 2 is 1.88 bits per heavy atom. The van der Waals surface area contributed by atoms with E-state index in [1.807, 2.05) is 0 Å². The summed E-state index contributed by atoms with van der Waals surface area (Å²) in [7, 11) is 0. The highest BCUT2D eigenvalue weighted by Crippen LogP contribution is 2.49. The van der Waals surface area contributed by atoms with Gasteiger partial charge in [-0.05, 0) is 55.2 Å². The van der Waals surface area contributed by atoms with Crippen molar-refractivity contribution in [2.75, 3.05) is 11.9 Å².